The Morgan fingerprint density at radius 3 is 2.30 bits per heavy atom. The topological polar surface area (TPSA) is 173 Å². The molecule has 5 N–H and O–H groups in total. The number of carbonyl (C=O) groups excluding carboxylic acids is 3. The SMILES string of the molecule is CNC(=O)COCCOCCNC(=O)CCC(=O)NO[C@H]1CC[C@@]2(C)[C@@H](C1)C[C@H](O)[C@H]1C3CC[C@H]([C@H](C)CCC(=O)O)[C@@]3(C)CC[C@@H]12. The number of carboxylic acids is 1. The van der Waals surface area contributed by atoms with Gasteiger partial charge in [-0.25, -0.2) is 5.48 Å². The van der Waals surface area contributed by atoms with E-state index >= 15 is 0 Å². The van der Waals surface area contributed by atoms with Crippen molar-refractivity contribution in [2.45, 2.75) is 110 Å². The molecule has 0 aromatic rings. The van der Waals surface area contributed by atoms with Gasteiger partial charge in [-0.2, -0.15) is 0 Å². The van der Waals surface area contributed by atoms with Crippen molar-refractivity contribution < 1.29 is 43.7 Å². The van der Waals surface area contributed by atoms with Crippen molar-refractivity contribution >= 4 is 23.7 Å². The van der Waals surface area contributed by atoms with Crippen LogP contribution in [-0.2, 0) is 33.5 Å². The number of fused-ring (bicyclic) bond motifs is 5. The predicted molar refractivity (Wildman–Crippen MR) is 174 cm³/mol. The lowest BCUT2D eigenvalue weighted by molar-refractivity contribution is -0.186. The second-order valence-electron chi connectivity index (χ2n) is 15.2. The number of likely N-dealkylation sites (N-methyl/N-ethyl adjacent to an activating group) is 1. The number of nitrogens with one attached hydrogen (secondary N) is 3. The van der Waals surface area contributed by atoms with Crippen LogP contribution in [0.5, 0.6) is 0 Å². The molecule has 0 aromatic heterocycles. The Morgan fingerprint density at radius 1 is 0.851 bits per heavy atom. The molecule has 12 heteroatoms. The molecule has 1 unspecified atom stereocenters. The zero-order valence-corrected chi connectivity index (χ0v) is 28.9. The van der Waals surface area contributed by atoms with Gasteiger partial charge in [-0.05, 0) is 104 Å². The number of aliphatic hydroxyl groups excluding tert-OH is 1. The second kappa shape index (κ2) is 16.9. The van der Waals surface area contributed by atoms with Crippen LogP contribution in [-0.4, -0.2) is 86.1 Å². The Morgan fingerprint density at radius 2 is 1.55 bits per heavy atom. The molecule has 0 radical (unpaired) electrons. The van der Waals surface area contributed by atoms with Gasteiger partial charge in [0.05, 0.1) is 32.0 Å². The summed E-state index contributed by atoms with van der Waals surface area (Å²) >= 11 is 0. The van der Waals surface area contributed by atoms with Crippen molar-refractivity contribution in [2.24, 2.45) is 46.3 Å². The molecule has 0 aliphatic heterocycles. The summed E-state index contributed by atoms with van der Waals surface area (Å²) in [4.78, 5) is 52.7. The normalized spacial score (nSPS) is 35.1. The van der Waals surface area contributed by atoms with Gasteiger partial charge in [-0.3, -0.25) is 24.0 Å². The molecule has 0 saturated heterocycles. The number of hydrogen-bond donors (Lipinski definition) is 5. The molecule has 0 heterocycles. The first kappa shape index (κ1) is 37.5. The highest BCUT2D eigenvalue weighted by atomic mass is 16.7. The van der Waals surface area contributed by atoms with Crippen molar-refractivity contribution in [1.82, 2.24) is 16.1 Å². The molecule has 4 saturated carbocycles. The summed E-state index contributed by atoms with van der Waals surface area (Å²) < 4.78 is 10.5. The van der Waals surface area contributed by atoms with E-state index in [2.05, 4.69) is 36.9 Å². The lowest BCUT2D eigenvalue weighted by Gasteiger charge is -2.62. The molecule has 0 aromatic carbocycles. The minimum Gasteiger partial charge on any atom is -0.481 e. The van der Waals surface area contributed by atoms with Crippen LogP contribution in [0.25, 0.3) is 0 Å². The fourth-order valence-corrected chi connectivity index (χ4v) is 10.1. The highest BCUT2D eigenvalue weighted by molar-refractivity contribution is 5.83. The number of aliphatic hydroxyl groups is 1. The van der Waals surface area contributed by atoms with Crippen LogP contribution in [0.3, 0.4) is 0 Å². The van der Waals surface area contributed by atoms with E-state index in [1.165, 1.54) is 7.05 Å². The Hall–Kier alpha value is -2.28. The molecular weight excluding hydrogens is 606 g/mol. The number of hydrogen-bond acceptors (Lipinski definition) is 8. The summed E-state index contributed by atoms with van der Waals surface area (Å²) in [5.74, 6) is 0.931. The van der Waals surface area contributed by atoms with Gasteiger partial charge in [-0.15, -0.1) is 0 Å². The quantitative estimate of drug-likeness (QED) is 0.116. The van der Waals surface area contributed by atoms with E-state index in [0.717, 1.165) is 57.8 Å². The van der Waals surface area contributed by atoms with E-state index in [4.69, 9.17) is 14.3 Å². The number of hydroxylamine groups is 1. The van der Waals surface area contributed by atoms with Crippen LogP contribution in [0.15, 0.2) is 0 Å². The minimum atomic E-state index is -0.720. The number of amides is 3. The monoisotopic (exact) mass is 665 g/mol. The maximum absolute atomic E-state index is 12.5. The summed E-state index contributed by atoms with van der Waals surface area (Å²) in [6.45, 7) is 8.26. The zero-order valence-electron chi connectivity index (χ0n) is 28.9. The molecule has 12 nitrogen and oxygen atoms in total. The molecule has 47 heavy (non-hydrogen) atoms. The molecule has 4 aliphatic rings. The molecule has 4 fully saturated rings. The van der Waals surface area contributed by atoms with Gasteiger partial charge in [0, 0.05) is 32.9 Å². The highest BCUT2D eigenvalue weighted by Gasteiger charge is 2.63. The third-order valence-electron chi connectivity index (χ3n) is 12.6. The molecule has 4 aliphatic carbocycles. The Bertz CT molecular complexity index is 1090. The fraction of sp³-hybridized carbons (Fsp3) is 0.886. The van der Waals surface area contributed by atoms with Gasteiger partial charge in [-0.1, -0.05) is 20.8 Å². The van der Waals surface area contributed by atoms with Gasteiger partial charge in [0.15, 0.2) is 0 Å². The number of aliphatic carboxylic acids is 1. The average molecular weight is 666 g/mol. The number of ether oxygens (including phenoxy) is 2. The predicted octanol–water partition coefficient (Wildman–Crippen LogP) is 3.21. The Labute approximate surface area is 279 Å². The van der Waals surface area contributed by atoms with Gasteiger partial charge in [0.1, 0.15) is 6.61 Å². The van der Waals surface area contributed by atoms with Crippen LogP contribution in [0.1, 0.15) is 97.8 Å². The molecule has 0 bridgehead atoms. The van der Waals surface area contributed by atoms with Gasteiger partial charge in [0.25, 0.3) is 0 Å². The first-order valence-corrected chi connectivity index (χ1v) is 17.9. The average Bonchev–Trinajstić information content (AvgIpc) is 3.40. The van der Waals surface area contributed by atoms with E-state index in [-0.39, 0.29) is 79.2 Å². The van der Waals surface area contributed by atoms with E-state index in [1.807, 2.05) is 0 Å². The van der Waals surface area contributed by atoms with Gasteiger partial charge in [0.2, 0.25) is 17.7 Å². The Kier molecular flexibility index (Phi) is 13.5. The highest BCUT2D eigenvalue weighted by Crippen LogP contribution is 2.68. The third-order valence-corrected chi connectivity index (χ3v) is 12.6. The first-order valence-electron chi connectivity index (χ1n) is 17.9. The summed E-state index contributed by atoms with van der Waals surface area (Å²) in [7, 11) is 1.54. The molecule has 3 amide bonds. The van der Waals surface area contributed by atoms with Crippen molar-refractivity contribution in [3.05, 3.63) is 0 Å². The summed E-state index contributed by atoms with van der Waals surface area (Å²) in [5, 5.41) is 26.1. The van der Waals surface area contributed by atoms with Crippen LogP contribution in [0.4, 0.5) is 0 Å². The minimum absolute atomic E-state index is 0.0201. The van der Waals surface area contributed by atoms with Crippen LogP contribution < -0.4 is 16.1 Å². The summed E-state index contributed by atoms with van der Waals surface area (Å²) in [5.41, 5.74) is 2.86. The van der Waals surface area contributed by atoms with Crippen LogP contribution in [0, 0.1) is 46.3 Å². The first-order chi connectivity index (χ1) is 22.4. The fourth-order valence-electron chi connectivity index (χ4n) is 10.1. The van der Waals surface area contributed by atoms with Gasteiger partial charge >= 0.3 is 5.97 Å². The number of rotatable bonds is 17. The smallest absolute Gasteiger partial charge is 0.303 e. The zero-order chi connectivity index (χ0) is 34.2. The summed E-state index contributed by atoms with van der Waals surface area (Å²) in [6, 6.07) is 0. The third kappa shape index (κ3) is 9.25. The van der Waals surface area contributed by atoms with Crippen LogP contribution in [0.2, 0.25) is 0 Å². The van der Waals surface area contributed by atoms with E-state index in [9.17, 15) is 29.4 Å². The molecule has 10 atom stereocenters. The van der Waals surface area contributed by atoms with Gasteiger partial charge < -0.3 is 30.3 Å². The largest absolute Gasteiger partial charge is 0.481 e. The molecular formula is C35H59N3O9. The lowest BCUT2D eigenvalue weighted by Crippen LogP contribution is -2.59. The molecule has 268 valence electrons. The van der Waals surface area contributed by atoms with Crippen LogP contribution >= 0.6 is 0 Å². The Balaban J connectivity index is 1.16. The standard InChI is InChI=1S/C35H59N3O9/c1-22(5-10-32(43)44)25-6-7-26-33-27(12-14-35(25,26)3)34(2)13-11-24(19-23(34)20-28(33)39)47-38-30(41)9-8-29(40)37-15-16-45-17-18-46-21-31(42)36-4/h22-28,33,39H,5-21H2,1-4H3,(H,36,42)(H,37,40)(H,38,41)(H,43,44)/t22-,23+,24+,25-,26?,27+,28+,33+,34+,35-/m1/s1. The van der Waals surface area contributed by atoms with Crippen molar-refractivity contribution in [3.63, 3.8) is 0 Å². The lowest BCUT2D eigenvalue weighted by atomic mass is 9.43. The van der Waals surface area contributed by atoms with Crippen molar-refractivity contribution in [1.29, 1.82) is 0 Å². The number of carboxylic acid groups (broad SMARTS) is 1. The molecule has 0 spiro atoms. The van der Waals surface area contributed by atoms with Crippen molar-refractivity contribution in [3.8, 4) is 0 Å². The van der Waals surface area contributed by atoms with E-state index in [0.29, 0.717) is 49.3 Å². The molecule has 4 rings (SSSR count). The second-order valence-corrected chi connectivity index (χ2v) is 15.2. The summed E-state index contributed by atoms with van der Waals surface area (Å²) in [6.07, 6.45) is 8.44. The number of carbonyl (C=O) groups is 4. The maximum Gasteiger partial charge on any atom is 0.303 e. The van der Waals surface area contributed by atoms with E-state index in [1.54, 1.807) is 0 Å². The van der Waals surface area contributed by atoms with E-state index < -0.39 is 5.97 Å². The maximum atomic E-state index is 12.5. The van der Waals surface area contributed by atoms with Crippen molar-refractivity contribution in [2.75, 3.05) is 40.0 Å².